The van der Waals surface area contributed by atoms with Gasteiger partial charge in [-0.25, -0.2) is 4.98 Å². The molecule has 0 N–H and O–H groups in total. The summed E-state index contributed by atoms with van der Waals surface area (Å²) in [5.74, 6) is 0. The van der Waals surface area contributed by atoms with Gasteiger partial charge in [0.25, 0.3) is 0 Å². The van der Waals surface area contributed by atoms with Crippen LogP contribution in [0.15, 0.2) is 35.1 Å². The van der Waals surface area contributed by atoms with Crippen molar-refractivity contribution in [3.8, 4) is 5.69 Å². The number of nitrogens with zero attached hydrogens (tertiary/aromatic N) is 2. The van der Waals surface area contributed by atoms with E-state index in [0.29, 0.717) is 5.69 Å². The molecule has 0 unspecified atom stereocenters. The van der Waals surface area contributed by atoms with Crippen molar-refractivity contribution in [1.29, 1.82) is 0 Å². The Balaban J connectivity index is 2.70. The van der Waals surface area contributed by atoms with E-state index < -0.39 is 11.9 Å². The Bertz CT molecular complexity index is 532. The molecule has 90 valence electrons. The van der Waals surface area contributed by atoms with Crippen LogP contribution >= 0.6 is 15.9 Å². The van der Waals surface area contributed by atoms with Crippen LogP contribution in [0.1, 0.15) is 11.4 Å². The fourth-order valence-corrected chi connectivity index (χ4v) is 2.29. The van der Waals surface area contributed by atoms with Gasteiger partial charge in [0.15, 0.2) is 10.4 Å². The number of aromatic nitrogens is 2. The summed E-state index contributed by atoms with van der Waals surface area (Å²) in [6.07, 6.45) is -4.43. The van der Waals surface area contributed by atoms with Gasteiger partial charge in [-0.3, -0.25) is 4.57 Å². The zero-order valence-corrected chi connectivity index (χ0v) is 10.4. The average molecular weight is 305 g/mol. The van der Waals surface area contributed by atoms with Crippen LogP contribution in [-0.4, -0.2) is 9.55 Å². The molecule has 0 aliphatic carbocycles. The van der Waals surface area contributed by atoms with E-state index in [1.165, 1.54) is 6.92 Å². The van der Waals surface area contributed by atoms with E-state index in [2.05, 4.69) is 20.9 Å². The maximum absolute atomic E-state index is 12.9. The van der Waals surface area contributed by atoms with Gasteiger partial charge in [0.1, 0.15) is 0 Å². The highest BCUT2D eigenvalue weighted by Crippen LogP contribution is 2.35. The monoisotopic (exact) mass is 304 g/mol. The highest BCUT2D eigenvalue weighted by molar-refractivity contribution is 9.10. The molecule has 0 amide bonds. The minimum absolute atomic E-state index is 0.0479. The van der Waals surface area contributed by atoms with Gasteiger partial charge in [0.05, 0.1) is 5.69 Å². The van der Waals surface area contributed by atoms with Crippen molar-refractivity contribution in [3.05, 3.63) is 46.5 Å². The van der Waals surface area contributed by atoms with E-state index in [9.17, 15) is 13.2 Å². The Labute approximate surface area is 104 Å². The van der Waals surface area contributed by atoms with Crippen LogP contribution in [0.4, 0.5) is 13.2 Å². The molecule has 17 heavy (non-hydrogen) atoms. The highest BCUT2D eigenvalue weighted by atomic mass is 79.9. The third kappa shape index (κ3) is 2.22. The quantitative estimate of drug-likeness (QED) is 0.780. The van der Waals surface area contributed by atoms with Gasteiger partial charge in [0, 0.05) is 5.69 Å². The number of hydrogen-bond acceptors (Lipinski definition) is 1. The summed E-state index contributed by atoms with van der Waals surface area (Å²) in [5.41, 5.74) is -0.379. The number of para-hydroxylation sites is 1. The van der Waals surface area contributed by atoms with Crippen molar-refractivity contribution < 1.29 is 13.2 Å². The summed E-state index contributed by atoms with van der Waals surface area (Å²) in [7, 11) is 0. The number of benzene rings is 1. The van der Waals surface area contributed by atoms with Crippen LogP contribution in [0.5, 0.6) is 0 Å². The van der Waals surface area contributed by atoms with Crippen molar-refractivity contribution in [2.24, 2.45) is 0 Å². The van der Waals surface area contributed by atoms with Crippen LogP contribution in [0.3, 0.4) is 0 Å². The van der Waals surface area contributed by atoms with E-state index in [1.807, 2.05) is 0 Å². The molecule has 0 atom stereocenters. The first kappa shape index (κ1) is 12.2. The lowest BCUT2D eigenvalue weighted by Gasteiger charge is -2.12. The van der Waals surface area contributed by atoms with Crippen LogP contribution in [0, 0.1) is 6.92 Å². The van der Waals surface area contributed by atoms with Crippen molar-refractivity contribution in [2.45, 2.75) is 13.1 Å². The van der Waals surface area contributed by atoms with Crippen molar-refractivity contribution in [2.75, 3.05) is 0 Å². The fourth-order valence-electron chi connectivity index (χ4n) is 1.64. The van der Waals surface area contributed by atoms with Crippen molar-refractivity contribution >= 4 is 15.9 Å². The molecule has 0 aliphatic heterocycles. The first-order valence-electron chi connectivity index (χ1n) is 4.78. The lowest BCUT2D eigenvalue weighted by atomic mass is 10.3. The standard InChI is InChI=1S/C11H8BrF3N2/c1-7-9(11(13,14)15)17(10(12)16-7)8-5-3-2-4-6-8/h2-6H,1H3. The van der Waals surface area contributed by atoms with E-state index in [1.54, 1.807) is 30.3 Å². The number of rotatable bonds is 1. The molecule has 1 aromatic heterocycles. The first-order chi connectivity index (χ1) is 7.91. The van der Waals surface area contributed by atoms with Crippen molar-refractivity contribution in [3.63, 3.8) is 0 Å². The highest BCUT2D eigenvalue weighted by Gasteiger charge is 2.38. The summed E-state index contributed by atoms with van der Waals surface area (Å²) in [6, 6.07) is 8.30. The van der Waals surface area contributed by atoms with Gasteiger partial charge in [-0.15, -0.1) is 0 Å². The normalized spacial score (nSPS) is 11.8. The van der Waals surface area contributed by atoms with E-state index in [-0.39, 0.29) is 10.4 Å². The van der Waals surface area contributed by atoms with E-state index >= 15 is 0 Å². The predicted molar refractivity (Wildman–Crippen MR) is 61.0 cm³/mol. The van der Waals surface area contributed by atoms with Crippen molar-refractivity contribution in [1.82, 2.24) is 9.55 Å². The topological polar surface area (TPSA) is 17.8 Å². The Kier molecular flexibility index (Phi) is 2.99. The lowest BCUT2D eigenvalue weighted by Crippen LogP contribution is -2.13. The zero-order valence-electron chi connectivity index (χ0n) is 8.79. The maximum Gasteiger partial charge on any atom is 0.433 e. The number of hydrogen-bond donors (Lipinski definition) is 0. The minimum atomic E-state index is -4.43. The molecule has 2 rings (SSSR count). The first-order valence-corrected chi connectivity index (χ1v) is 5.58. The average Bonchev–Trinajstić information content (AvgIpc) is 2.54. The van der Waals surface area contributed by atoms with Gasteiger partial charge < -0.3 is 0 Å². The Morgan fingerprint density at radius 1 is 1.18 bits per heavy atom. The molecule has 0 aliphatic rings. The zero-order chi connectivity index (χ0) is 12.6. The molecule has 6 heteroatoms. The van der Waals surface area contributed by atoms with E-state index in [0.717, 1.165) is 4.57 Å². The van der Waals surface area contributed by atoms with Gasteiger partial charge in [-0.05, 0) is 35.0 Å². The lowest BCUT2D eigenvalue weighted by molar-refractivity contribution is -0.142. The molecule has 2 nitrogen and oxygen atoms in total. The summed E-state index contributed by atoms with van der Waals surface area (Å²) < 4.78 is 40.0. The molecule has 0 bridgehead atoms. The molecule has 2 aromatic rings. The summed E-state index contributed by atoms with van der Waals surface area (Å²) >= 11 is 3.05. The van der Waals surface area contributed by atoms with Crippen LogP contribution in [0.25, 0.3) is 5.69 Å². The van der Waals surface area contributed by atoms with Crippen LogP contribution in [0.2, 0.25) is 0 Å². The molecule has 1 heterocycles. The second kappa shape index (κ2) is 4.18. The van der Waals surface area contributed by atoms with Gasteiger partial charge in [0.2, 0.25) is 0 Å². The Morgan fingerprint density at radius 3 is 2.29 bits per heavy atom. The van der Waals surface area contributed by atoms with Crippen LogP contribution < -0.4 is 0 Å². The fraction of sp³-hybridized carbons (Fsp3) is 0.182. The number of halogens is 4. The molecule has 0 fully saturated rings. The van der Waals surface area contributed by atoms with E-state index in [4.69, 9.17) is 0 Å². The second-order valence-electron chi connectivity index (χ2n) is 3.48. The molecule has 0 saturated carbocycles. The number of aryl methyl sites for hydroxylation is 1. The third-order valence-electron chi connectivity index (χ3n) is 2.29. The smallest absolute Gasteiger partial charge is 0.283 e. The molecular formula is C11H8BrF3N2. The Morgan fingerprint density at radius 2 is 1.76 bits per heavy atom. The third-order valence-corrected chi connectivity index (χ3v) is 2.83. The predicted octanol–water partition coefficient (Wildman–Crippen LogP) is 3.96. The van der Waals surface area contributed by atoms with Gasteiger partial charge in [-0.2, -0.15) is 13.2 Å². The maximum atomic E-state index is 12.9. The Hall–Kier alpha value is -1.30. The molecule has 0 saturated heterocycles. The summed E-state index contributed by atoms with van der Waals surface area (Å²) in [4.78, 5) is 3.81. The summed E-state index contributed by atoms with van der Waals surface area (Å²) in [6.45, 7) is 1.34. The minimum Gasteiger partial charge on any atom is -0.283 e. The molecule has 1 aromatic carbocycles. The second-order valence-corrected chi connectivity index (χ2v) is 4.19. The van der Waals surface area contributed by atoms with Gasteiger partial charge in [-0.1, -0.05) is 18.2 Å². The molecule has 0 radical (unpaired) electrons. The molecular weight excluding hydrogens is 297 g/mol. The van der Waals surface area contributed by atoms with Gasteiger partial charge >= 0.3 is 6.18 Å². The largest absolute Gasteiger partial charge is 0.433 e. The molecule has 0 spiro atoms. The number of alkyl halides is 3. The SMILES string of the molecule is Cc1nc(Br)n(-c2ccccc2)c1C(F)(F)F. The van der Waals surface area contributed by atoms with Crippen LogP contribution in [-0.2, 0) is 6.18 Å². The summed E-state index contributed by atoms with van der Waals surface area (Å²) in [5, 5.41) is 0. The number of imidazole rings is 1.